The maximum Gasteiger partial charge on any atom is 0.134 e. The molecular weight excluding hydrogens is 274 g/mol. The largest absolute Gasteiger partial charge is 0.459 e. The van der Waals surface area contributed by atoms with Crippen LogP contribution in [0.5, 0.6) is 0 Å². The van der Waals surface area contributed by atoms with Crippen LogP contribution in [-0.2, 0) is 0 Å². The predicted octanol–water partition coefficient (Wildman–Crippen LogP) is 4.14. The topological polar surface area (TPSA) is 45.4 Å². The molecule has 0 radical (unpaired) electrons. The van der Waals surface area contributed by atoms with E-state index in [0.717, 1.165) is 34.7 Å². The van der Waals surface area contributed by atoms with Crippen LogP contribution in [0.15, 0.2) is 28.7 Å². The van der Waals surface area contributed by atoms with Gasteiger partial charge in [-0.25, -0.2) is 0 Å². The molecule has 4 heteroatoms. The Morgan fingerprint density at radius 3 is 2.70 bits per heavy atom. The Morgan fingerprint density at radius 2 is 2.00 bits per heavy atom. The lowest BCUT2D eigenvalue weighted by Crippen LogP contribution is -2.25. The van der Waals surface area contributed by atoms with Crippen molar-refractivity contribution in [1.29, 1.82) is 0 Å². The molecule has 0 saturated heterocycles. The normalized spacial score (nSPS) is 16.2. The molecule has 0 fully saturated rings. The van der Waals surface area contributed by atoms with E-state index in [0.29, 0.717) is 5.92 Å². The Kier molecular flexibility index (Phi) is 5.08. The van der Waals surface area contributed by atoms with Crippen LogP contribution in [0.3, 0.4) is 0 Å². The van der Waals surface area contributed by atoms with Crippen LogP contribution in [0.1, 0.15) is 39.0 Å². The van der Waals surface area contributed by atoms with E-state index in [1.54, 1.807) is 0 Å². The summed E-state index contributed by atoms with van der Waals surface area (Å²) in [4.78, 5) is 0. The molecule has 1 heterocycles. The fraction of sp³-hybridized carbons (Fsp3) is 0.500. The molecule has 0 bridgehead atoms. The Balaban J connectivity index is 1.98. The maximum atomic E-state index is 9.37. The number of hydrogen-bond donors (Lipinski definition) is 2. The second-order valence-electron chi connectivity index (χ2n) is 5.65. The number of nitrogens with one attached hydrogen (secondary N) is 1. The number of hydrogen-bond acceptors (Lipinski definition) is 3. The van der Waals surface area contributed by atoms with Crippen molar-refractivity contribution in [1.82, 2.24) is 5.32 Å². The van der Waals surface area contributed by atoms with Crippen molar-refractivity contribution < 1.29 is 9.52 Å². The predicted molar refractivity (Wildman–Crippen MR) is 83.1 cm³/mol. The quantitative estimate of drug-likeness (QED) is 0.842. The van der Waals surface area contributed by atoms with Crippen molar-refractivity contribution in [2.45, 2.75) is 39.3 Å². The van der Waals surface area contributed by atoms with E-state index in [1.165, 1.54) is 0 Å². The highest BCUT2D eigenvalue weighted by Gasteiger charge is 2.13. The summed E-state index contributed by atoms with van der Waals surface area (Å²) in [6.45, 7) is 6.88. The van der Waals surface area contributed by atoms with Crippen molar-refractivity contribution >= 4 is 22.6 Å². The molecule has 0 aliphatic carbocycles. The number of halogens is 1. The van der Waals surface area contributed by atoms with Crippen LogP contribution in [-0.4, -0.2) is 17.8 Å². The van der Waals surface area contributed by atoms with Crippen LogP contribution in [0, 0.1) is 5.92 Å². The number of aliphatic hydroxyl groups is 1. The number of benzene rings is 1. The summed E-state index contributed by atoms with van der Waals surface area (Å²) < 4.78 is 5.83. The third kappa shape index (κ3) is 3.98. The van der Waals surface area contributed by atoms with E-state index in [1.807, 2.05) is 31.2 Å². The highest BCUT2D eigenvalue weighted by molar-refractivity contribution is 6.31. The summed E-state index contributed by atoms with van der Waals surface area (Å²) >= 11 is 5.98. The van der Waals surface area contributed by atoms with Crippen molar-refractivity contribution in [2.24, 2.45) is 5.92 Å². The van der Waals surface area contributed by atoms with E-state index in [-0.39, 0.29) is 12.1 Å². The second-order valence-corrected chi connectivity index (χ2v) is 6.09. The molecule has 2 N–H and O–H groups in total. The zero-order valence-corrected chi connectivity index (χ0v) is 12.9. The molecular formula is C16H22ClNO2. The molecule has 20 heavy (non-hydrogen) atoms. The van der Waals surface area contributed by atoms with Gasteiger partial charge >= 0.3 is 0 Å². The molecule has 3 unspecified atom stereocenters. The van der Waals surface area contributed by atoms with E-state index >= 15 is 0 Å². The van der Waals surface area contributed by atoms with Gasteiger partial charge in [0.25, 0.3) is 0 Å². The minimum atomic E-state index is -0.254. The molecule has 0 aliphatic heterocycles. The molecule has 110 valence electrons. The van der Waals surface area contributed by atoms with Gasteiger partial charge in [-0.05, 0) is 57.0 Å². The van der Waals surface area contributed by atoms with Crippen molar-refractivity contribution in [2.75, 3.05) is 6.54 Å². The standard InChI is InChI=1S/C16H22ClNO2/c1-10(6-11(2)19)9-18-12(3)16-8-13-7-14(17)4-5-15(13)20-16/h4-5,7-8,10-12,18-19H,6,9H2,1-3H3. The average Bonchev–Trinajstić information content (AvgIpc) is 2.78. The Hall–Kier alpha value is -1.03. The van der Waals surface area contributed by atoms with Gasteiger partial charge in [-0.3, -0.25) is 0 Å². The molecule has 3 atom stereocenters. The van der Waals surface area contributed by atoms with Gasteiger partial charge in [-0.2, -0.15) is 0 Å². The average molecular weight is 296 g/mol. The van der Waals surface area contributed by atoms with Gasteiger partial charge in [0.15, 0.2) is 0 Å². The van der Waals surface area contributed by atoms with Crippen LogP contribution in [0.25, 0.3) is 11.0 Å². The first-order valence-electron chi connectivity index (χ1n) is 7.06. The summed E-state index contributed by atoms with van der Waals surface area (Å²) in [6.07, 6.45) is 0.547. The van der Waals surface area contributed by atoms with Gasteiger partial charge in [-0.15, -0.1) is 0 Å². The Morgan fingerprint density at radius 1 is 1.25 bits per heavy atom. The zero-order valence-electron chi connectivity index (χ0n) is 12.2. The second kappa shape index (κ2) is 6.61. The fourth-order valence-corrected chi connectivity index (χ4v) is 2.57. The maximum absolute atomic E-state index is 9.37. The SMILES string of the molecule is CC(O)CC(C)CNC(C)c1cc2cc(Cl)ccc2o1. The van der Waals surface area contributed by atoms with Crippen LogP contribution in [0.4, 0.5) is 0 Å². The molecule has 0 spiro atoms. The van der Waals surface area contributed by atoms with Crippen LogP contribution in [0.2, 0.25) is 5.02 Å². The van der Waals surface area contributed by atoms with E-state index in [9.17, 15) is 5.11 Å². The molecule has 2 aromatic rings. The van der Waals surface area contributed by atoms with Crippen LogP contribution < -0.4 is 5.32 Å². The van der Waals surface area contributed by atoms with Gasteiger partial charge in [-0.1, -0.05) is 18.5 Å². The first kappa shape index (κ1) is 15.4. The van der Waals surface area contributed by atoms with Gasteiger partial charge in [0.05, 0.1) is 12.1 Å². The lowest BCUT2D eigenvalue weighted by atomic mass is 10.0. The van der Waals surface area contributed by atoms with Gasteiger partial charge in [0.2, 0.25) is 0 Å². The lowest BCUT2D eigenvalue weighted by molar-refractivity contribution is 0.162. The fourth-order valence-electron chi connectivity index (χ4n) is 2.39. The summed E-state index contributed by atoms with van der Waals surface area (Å²) in [6, 6.07) is 7.80. The van der Waals surface area contributed by atoms with Crippen molar-refractivity contribution in [3.63, 3.8) is 0 Å². The minimum absolute atomic E-state index is 0.137. The first-order valence-corrected chi connectivity index (χ1v) is 7.44. The van der Waals surface area contributed by atoms with Crippen molar-refractivity contribution in [3.8, 4) is 0 Å². The third-order valence-electron chi connectivity index (χ3n) is 3.44. The third-order valence-corrected chi connectivity index (χ3v) is 3.68. The summed E-state index contributed by atoms with van der Waals surface area (Å²) in [5.41, 5.74) is 0.857. The van der Waals surface area contributed by atoms with E-state index < -0.39 is 0 Å². The highest BCUT2D eigenvalue weighted by atomic mass is 35.5. The smallest absolute Gasteiger partial charge is 0.134 e. The molecule has 1 aromatic heterocycles. The molecule has 0 aliphatic rings. The number of furan rings is 1. The first-order chi connectivity index (χ1) is 9.45. The summed E-state index contributed by atoms with van der Waals surface area (Å²) in [5.74, 6) is 1.34. The lowest BCUT2D eigenvalue weighted by Gasteiger charge is -2.17. The highest BCUT2D eigenvalue weighted by Crippen LogP contribution is 2.26. The van der Waals surface area contributed by atoms with Crippen molar-refractivity contribution in [3.05, 3.63) is 35.0 Å². The summed E-state index contributed by atoms with van der Waals surface area (Å²) in [7, 11) is 0. The van der Waals surface area contributed by atoms with Gasteiger partial charge < -0.3 is 14.8 Å². The number of rotatable bonds is 6. The molecule has 3 nitrogen and oxygen atoms in total. The zero-order chi connectivity index (χ0) is 14.7. The minimum Gasteiger partial charge on any atom is -0.459 e. The molecule has 0 saturated carbocycles. The Bertz CT molecular complexity index is 565. The van der Waals surface area contributed by atoms with Crippen LogP contribution >= 0.6 is 11.6 Å². The Labute approximate surface area is 124 Å². The molecule has 1 aromatic carbocycles. The van der Waals surface area contributed by atoms with E-state index in [4.69, 9.17) is 16.0 Å². The number of fused-ring (bicyclic) bond motifs is 1. The van der Waals surface area contributed by atoms with Gasteiger partial charge in [0.1, 0.15) is 11.3 Å². The summed E-state index contributed by atoms with van der Waals surface area (Å²) in [5, 5.41) is 14.6. The van der Waals surface area contributed by atoms with E-state index in [2.05, 4.69) is 19.2 Å². The molecule has 0 amide bonds. The van der Waals surface area contributed by atoms with Gasteiger partial charge in [0, 0.05) is 10.4 Å². The number of aliphatic hydroxyl groups excluding tert-OH is 1. The molecule has 2 rings (SSSR count). The monoisotopic (exact) mass is 295 g/mol.